The molecule has 0 aromatic rings. The number of Topliss-reactive ketones (excluding diaryl/α,β-unsaturated/α-hetero) is 1. The van der Waals surface area contributed by atoms with Crippen LogP contribution in [0.1, 0.15) is 85.5 Å². The van der Waals surface area contributed by atoms with Crippen LogP contribution in [0.25, 0.3) is 0 Å². The maximum Gasteiger partial charge on any atom is 0.129 e. The lowest BCUT2D eigenvalue weighted by Crippen LogP contribution is -2.08. The summed E-state index contributed by atoms with van der Waals surface area (Å²) in [7, 11) is 0. The number of hydrogen-bond acceptors (Lipinski definition) is 1. The Labute approximate surface area is 102 Å². The lowest BCUT2D eigenvalue weighted by molar-refractivity contribution is -0.117. The van der Waals surface area contributed by atoms with Crippen LogP contribution in [0, 0.1) is 5.41 Å². The van der Waals surface area contributed by atoms with Crippen molar-refractivity contribution in [3.05, 3.63) is 0 Å². The first-order valence-electron chi connectivity index (χ1n) is 6.97. The molecule has 0 fully saturated rings. The molecule has 0 N–H and O–H groups in total. The van der Waals surface area contributed by atoms with E-state index in [0.29, 0.717) is 11.2 Å². The highest BCUT2D eigenvalue weighted by Gasteiger charge is 2.13. The van der Waals surface area contributed by atoms with Crippen LogP contribution >= 0.6 is 0 Å². The zero-order valence-corrected chi connectivity index (χ0v) is 11.8. The van der Waals surface area contributed by atoms with E-state index in [1.165, 1.54) is 44.9 Å². The number of ketones is 1. The van der Waals surface area contributed by atoms with Crippen molar-refractivity contribution in [2.75, 3.05) is 0 Å². The van der Waals surface area contributed by atoms with Crippen molar-refractivity contribution in [2.45, 2.75) is 85.5 Å². The largest absolute Gasteiger partial charge is 0.300 e. The highest BCUT2D eigenvalue weighted by Crippen LogP contribution is 2.27. The van der Waals surface area contributed by atoms with Crippen molar-refractivity contribution in [1.82, 2.24) is 0 Å². The van der Waals surface area contributed by atoms with E-state index >= 15 is 0 Å². The molecule has 16 heavy (non-hydrogen) atoms. The molecule has 0 amide bonds. The highest BCUT2D eigenvalue weighted by molar-refractivity contribution is 5.75. The van der Waals surface area contributed by atoms with Gasteiger partial charge in [-0.25, -0.2) is 0 Å². The number of carbonyl (C=O) groups is 1. The van der Waals surface area contributed by atoms with Gasteiger partial charge in [-0.05, 0) is 25.2 Å². The van der Waals surface area contributed by atoms with Gasteiger partial charge in [0.2, 0.25) is 0 Å². The van der Waals surface area contributed by atoms with E-state index < -0.39 is 0 Å². The Bertz CT molecular complexity index is 182. The van der Waals surface area contributed by atoms with E-state index in [9.17, 15) is 4.79 Å². The second-order valence-corrected chi connectivity index (χ2v) is 5.84. The topological polar surface area (TPSA) is 17.1 Å². The first-order valence-corrected chi connectivity index (χ1v) is 6.97. The van der Waals surface area contributed by atoms with Crippen molar-refractivity contribution >= 4 is 5.78 Å². The number of rotatable bonds is 10. The van der Waals surface area contributed by atoms with Crippen molar-refractivity contribution in [3.63, 3.8) is 0 Å². The third-order valence-corrected chi connectivity index (χ3v) is 3.59. The third-order valence-electron chi connectivity index (χ3n) is 3.59. The van der Waals surface area contributed by atoms with Crippen molar-refractivity contribution in [2.24, 2.45) is 5.41 Å². The summed E-state index contributed by atoms with van der Waals surface area (Å²) in [6, 6.07) is 0. The molecule has 1 heteroatoms. The quantitative estimate of drug-likeness (QED) is 0.472. The molecule has 0 aromatic heterocycles. The molecule has 0 aliphatic rings. The first kappa shape index (κ1) is 15.7. The Morgan fingerprint density at radius 2 is 1.44 bits per heavy atom. The van der Waals surface area contributed by atoms with E-state index in [0.717, 1.165) is 12.8 Å². The molecule has 1 nitrogen and oxygen atoms in total. The Kier molecular flexibility index (Phi) is 8.60. The van der Waals surface area contributed by atoms with Crippen LogP contribution in [0.4, 0.5) is 0 Å². The Hall–Kier alpha value is -0.330. The minimum atomic E-state index is 0.338. The number of unbranched alkanes of at least 4 members (excludes halogenated alkanes) is 5. The minimum Gasteiger partial charge on any atom is -0.300 e. The van der Waals surface area contributed by atoms with Crippen molar-refractivity contribution in [3.8, 4) is 0 Å². The molecule has 0 spiro atoms. The van der Waals surface area contributed by atoms with E-state index in [4.69, 9.17) is 0 Å². The molecule has 0 radical (unpaired) electrons. The maximum absolute atomic E-state index is 10.7. The SMILES string of the molecule is CCC(C)(C)CCCCCCCCC(C)=O. The van der Waals surface area contributed by atoms with Crippen LogP contribution in [0.2, 0.25) is 0 Å². The molecule has 0 atom stereocenters. The van der Waals surface area contributed by atoms with Crippen LogP contribution < -0.4 is 0 Å². The van der Waals surface area contributed by atoms with Gasteiger partial charge in [-0.1, -0.05) is 59.3 Å². The first-order chi connectivity index (χ1) is 7.48. The monoisotopic (exact) mass is 226 g/mol. The summed E-state index contributed by atoms with van der Waals surface area (Å²) in [6.45, 7) is 8.69. The van der Waals surface area contributed by atoms with Gasteiger partial charge in [0.05, 0.1) is 0 Å². The standard InChI is InChI=1S/C15H30O/c1-5-15(3,4)13-11-9-7-6-8-10-12-14(2)16/h5-13H2,1-4H3. The van der Waals surface area contributed by atoms with Gasteiger partial charge in [0.25, 0.3) is 0 Å². The molecule has 0 aliphatic heterocycles. The molecular weight excluding hydrogens is 196 g/mol. The predicted molar refractivity (Wildman–Crippen MR) is 71.7 cm³/mol. The van der Waals surface area contributed by atoms with Crippen LogP contribution in [-0.2, 0) is 4.79 Å². The number of hydrogen-bond donors (Lipinski definition) is 0. The average molecular weight is 226 g/mol. The Morgan fingerprint density at radius 1 is 0.938 bits per heavy atom. The van der Waals surface area contributed by atoms with Crippen LogP contribution in [-0.4, -0.2) is 5.78 Å². The highest BCUT2D eigenvalue weighted by atomic mass is 16.1. The molecule has 0 bridgehead atoms. The van der Waals surface area contributed by atoms with Gasteiger partial charge in [-0.15, -0.1) is 0 Å². The second kappa shape index (κ2) is 8.78. The van der Waals surface area contributed by atoms with Gasteiger partial charge in [-0.2, -0.15) is 0 Å². The molecule has 0 unspecified atom stereocenters. The van der Waals surface area contributed by atoms with Gasteiger partial charge in [0, 0.05) is 6.42 Å². The second-order valence-electron chi connectivity index (χ2n) is 5.84. The molecule has 0 aliphatic carbocycles. The molecule has 0 rings (SSSR count). The smallest absolute Gasteiger partial charge is 0.129 e. The fourth-order valence-electron chi connectivity index (χ4n) is 1.86. The van der Waals surface area contributed by atoms with Crippen LogP contribution in [0.3, 0.4) is 0 Å². The average Bonchev–Trinajstić information content (AvgIpc) is 2.21. The summed E-state index contributed by atoms with van der Waals surface area (Å²) >= 11 is 0. The summed E-state index contributed by atoms with van der Waals surface area (Å²) in [6.07, 6.45) is 11.1. The molecular formula is C15H30O. The van der Waals surface area contributed by atoms with Crippen molar-refractivity contribution in [1.29, 1.82) is 0 Å². The van der Waals surface area contributed by atoms with Crippen LogP contribution in [0.15, 0.2) is 0 Å². The summed E-state index contributed by atoms with van der Waals surface area (Å²) in [4.78, 5) is 10.7. The van der Waals surface area contributed by atoms with Gasteiger partial charge in [-0.3, -0.25) is 0 Å². The van der Waals surface area contributed by atoms with Gasteiger partial charge in [0.15, 0.2) is 0 Å². The number of carbonyl (C=O) groups excluding carboxylic acids is 1. The molecule has 96 valence electrons. The van der Waals surface area contributed by atoms with E-state index in [1.54, 1.807) is 6.92 Å². The summed E-state index contributed by atoms with van der Waals surface area (Å²) in [5.41, 5.74) is 0.536. The lowest BCUT2D eigenvalue weighted by Gasteiger charge is -2.22. The van der Waals surface area contributed by atoms with Gasteiger partial charge < -0.3 is 4.79 Å². The minimum absolute atomic E-state index is 0.338. The Balaban J connectivity index is 3.19. The summed E-state index contributed by atoms with van der Waals surface area (Å²) in [5.74, 6) is 0.338. The summed E-state index contributed by atoms with van der Waals surface area (Å²) < 4.78 is 0. The summed E-state index contributed by atoms with van der Waals surface area (Å²) in [5, 5.41) is 0. The van der Waals surface area contributed by atoms with Gasteiger partial charge >= 0.3 is 0 Å². The van der Waals surface area contributed by atoms with E-state index in [-0.39, 0.29) is 0 Å². The third kappa shape index (κ3) is 10.2. The predicted octanol–water partition coefficient (Wildman–Crippen LogP) is 5.13. The van der Waals surface area contributed by atoms with Gasteiger partial charge in [0.1, 0.15) is 5.78 Å². The van der Waals surface area contributed by atoms with Crippen LogP contribution in [0.5, 0.6) is 0 Å². The normalized spacial score (nSPS) is 11.8. The molecule has 0 heterocycles. The zero-order chi connectivity index (χ0) is 12.4. The molecule has 0 saturated carbocycles. The lowest BCUT2D eigenvalue weighted by atomic mass is 9.84. The maximum atomic E-state index is 10.7. The molecule has 0 aromatic carbocycles. The fourth-order valence-corrected chi connectivity index (χ4v) is 1.86. The zero-order valence-electron chi connectivity index (χ0n) is 11.8. The van der Waals surface area contributed by atoms with Crippen molar-refractivity contribution < 1.29 is 4.79 Å². The molecule has 0 saturated heterocycles. The fraction of sp³-hybridized carbons (Fsp3) is 0.933. The Morgan fingerprint density at radius 3 is 1.94 bits per heavy atom. The van der Waals surface area contributed by atoms with E-state index in [1.807, 2.05) is 0 Å². The van der Waals surface area contributed by atoms with E-state index in [2.05, 4.69) is 20.8 Å².